The Hall–Kier alpha value is -2.32. The molecule has 30 heavy (non-hydrogen) atoms. The van der Waals surface area contributed by atoms with Crippen molar-refractivity contribution in [2.45, 2.75) is 59.8 Å². The maximum Gasteiger partial charge on any atom is 0.115 e. The smallest absolute Gasteiger partial charge is 0.115 e. The summed E-state index contributed by atoms with van der Waals surface area (Å²) in [5.41, 5.74) is 6.85. The third kappa shape index (κ3) is 5.23. The van der Waals surface area contributed by atoms with Gasteiger partial charge in [0.1, 0.15) is 5.75 Å². The first-order valence-corrected chi connectivity index (χ1v) is 12.1. The van der Waals surface area contributed by atoms with Crippen LogP contribution in [-0.4, -0.2) is 5.11 Å². The van der Waals surface area contributed by atoms with Crippen LogP contribution in [0, 0.1) is 5.92 Å². The molecule has 2 heteroatoms. The Labute approximate surface area is 186 Å². The standard InChI is InChI=1S/C28H34OS/c1-5-9-21(8-4)26-15-12-23(19-24(26)18-20(6-2)7-3)28-17-16-27(30-28)22-10-13-25(29)14-11-22/h9-17,19-20,29H,5-8,18H2,1-4H3/b21-9+. The Balaban J connectivity index is 1.99. The fourth-order valence-corrected chi connectivity index (χ4v) is 5.09. The van der Waals surface area contributed by atoms with Crippen LogP contribution < -0.4 is 0 Å². The van der Waals surface area contributed by atoms with Crippen LogP contribution in [0.2, 0.25) is 0 Å². The highest BCUT2D eigenvalue weighted by Gasteiger charge is 2.14. The van der Waals surface area contributed by atoms with Crippen LogP contribution in [0.5, 0.6) is 5.75 Å². The Morgan fingerprint density at radius 3 is 2.10 bits per heavy atom. The molecule has 0 atom stereocenters. The molecule has 0 aliphatic rings. The third-order valence-corrected chi connectivity index (χ3v) is 7.17. The van der Waals surface area contributed by atoms with Gasteiger partial charge in [0.2, 0.25) is 0 Å². The zero-order valence-electron chi connectivity index (χ0n) is 18.7. The van der Waals surface area contributed by atoms with Gasteiger partial charge < -0.3 is 5.11 Å². The van der Waals surface area contributed by atoms with Crippen LogP contribution in [0.3, 0.4) is 0 Å². The summed E-state index contributed by atoms with van der Waals surface area (Å²) < 4.78 is 0. The zero-order valence-corrected chi connectivity index (χ0v) is 19.6. The normalized spacial score (nSPS) is 12.0. The molecule has 0 aliphatic carbocycles. The average Bonchev–Trinajstić information content (AvgIpc) is 3.26. The van der Waals surface area contributed by atoms with E-state index in [0.29, 0.717) is 5.75 Å². The number of thiophene rings is 1. The first-order valence-electron chi connectivity index (χ1n) is 11.3. The van der Waals surface area contributed by atoms with E-state index in [1.165, 1.54) is 44.9 Å². The maximum absolute atomic E-state index is 9.56. The quantitative estimate of drug-likeness (QED) is 0.367. The molecule has 0 unspecified atom stereocenters. The van der Waals surface area contributed by atoms with E-state index >= 15 is 0 Å². The van der Waals surface area contributed by atoms with Crippen LogP contribution in [0.25, 0.3) is 26.5 Å². The number of rotatable bonds is 9. The molecule has 1 heterocycles. The lowest BCUT2D eigenvalue weighted by Gasteiger charge is -2.18. The highest BCUT2D eigenvalue weighted by Crippen LogP contribution is 2.37. The van der Waals surface area contributed by atoms with Gasteiger partial charge in [-0.1, -0.05) is 58.7 Å². The van der Waals surface area contributed by atoms with Crippen molar-refractivity contribution in [2.75, 3.05) is 0 Å². The van der Waals surface area contributed by atoms with Crippen molar-refractivity contribution in [3.63, 3.8) is 0 Å². The largest absolute Gasteiger partial charge is 0.508 e. The van der Waals surface area contributed by atoms with Gasteiger partial charge in [0.05, 0.1) is 0 Å². The highest BCUT2D eigenvalue weighted by atomic mass is 32.1. The van der Waals surface area contributed by atoms with Crippen LogP contribution in [-0.2, 0) is 6.42 Å². The molecule has 0 saturated heterocycles. The molecule has 0 radical (unpaired) electrons. The maximum atomic E-state index is 9.56. The lowest BCUT2D eigenvalue weighted by Crippen LogP contribution is -2.05. The second-order valence-corrected chi connectivity index (χ2v) is 9.04. The van der Waals surface area contributed by atoms with Crippen molar-refractivity contribution in [1.82, 2.24) is 0 Å². The molecule has 0 saturated carbocycles. The molecule has 1 nitrogen and oxygen atoms in total. The molecular weight excluding hydrogens is 384 g/mol. The van der Waals surface area contributed by atoms with E-state index < -0.39 is 0 Å². The van der Waals surface area contributed by atoms with E-state index in [9.17, 15) is 5.11 Å². The number of aromatic hydroxyl groups is 1. The van der Waals surface area contributed by atoms with Crippen LogP contribution in [0.4, 0.5) is 0 Å². The Morgan fingerprint density at radius 1 is 0.867 bits per heavy atom. The molecule has 0 aliphatic heterocycles. The second-order valence-electron chi connectivity index (χ2n) is 7.96. The van der Waals surface area contributed by atoms with Gasteiger partial charge >= 0.3 is 0 Å². The summed E-state index contributed by atoms with van der Waals surface area (Å²) in [5.74, 6) is 1.04. The fourth-order valence-electron chi connectivity index (χ4n) is 4.08. The number of hydrogen-bond acceptors (Lipinski definition) is 2. The minimum atomic E-state index is 0.309. The van der Waals surface area contributed by atoms with E-state index in [-0.39, 0.29) is 0 Å². The van der Waals surface area contributed by atoms with Crippen molar-refractivity contribution in [3.05, 3.63) is 71.8 Å². The second kappa shape index (κ2) is 10.6. The summed E-state index contributed by atoms with van der Waals surface area (Å²) in [5, 5.41) is 9.56. The Morgan fingerprint density at radius 2 is 1.50 bits per heavy atom. The minimum Gasteiger partial charge on any atom is -0.508 e. The van der Waals surface area contributed by atoms with E-state index in [0.717, 1.165) is 30.7 Å². The third-order valence-electron chi connectivity index (χ3n) is 5.99. The number of hydrogen-bond donors (Lipinski definition) is 1. The molecule has 0 amide bonds. The average molecular weight is 419 g/mol. The van der Waals surface area contributed by atoms with E-state index in [1.807, 2.05) is 23.5 Å². The molecule has 0 spiro atoms. The van der Waals surface area contributed by atoms with Gasteiger partial charge in [-0.2, -0.15) is 0 Å². The number of allylic oxidation sites excluding steroid dienone is 2. The molecule has 2 aromatic carbocycles. The summed E-state index contributed by atoms with van der Waals surface area (Å²) in [6.45, 7) is 9.10. The SMILES string of the molecule is CC/C=C(\CC)c1ccc(-c2ccc(-c3ccc(O)cc3)s2)cc1CC(CC)CC. The predicted molar refractivity (Wildman–Crippen MR) is 133 cm³/mol. The van der Waals surface area contributed by atoms with Gasteiger partial charge in [-0.3, -0.25) is 0 Å². The van der Waals surface area contributed by atoms with Gasteiger partial charge in [-0.15, -0.1) is 11.3 Å². The molecule has 3 aromatic rings. The van der Waals surface area contributed by atoms with Crippen molar-refractivity contribution in [1.29, 1.82) is 0 Å². The molecule has 1 aromatic heterocycles. The molecule has 158 valence electrons. The summed E-state index contributed by atoms with van der Waals surface area (Å²) in [6.07, 6.45) is 8.14. The topological polar surface area (TPSA) is 20.2 Å². The summed E-state index contributed by atoms with van der Waals surface area (Å²) in [4.78, 5) is 2.53. The van der Waals surface area contributed by atoms with Crippen LogP contribution in [0.15, 0.2) is 60.7 Å². The first kappa shape index (κ1) is 22.4. The predicted octanol–water partition coefficient (Wildman–Crippen LogP) is 8.97. The summed E-state index contributed by atoms with van der Waals surface area (Å²) in [6, 6.07) is 19.0. The van der Waals surface area contributed by atoms with Crippen molar-refractivity contribution in [3.8, 4) is 26.6 Å². The zero-order chi connectivity index (χ0) is 21.5. The van der Waals surface area contributed by atoms with Crippen molar-refractivity contribution in [2.24, 2.45) is 5.92 Å². The van der Waals surface area contributed by atoms with Crippen molar-refractivity contribution < 1.29 is 5.11 Å². The van der Waals surface area contributed by atoms with Crippen LogP contribution >= 0.6 is 11.3 Å². The molecule has 3 rings (SSSR count). The summed E-state index contributed by atoms with van der Waals surface area (Å²) >= 11 is 1.82. The van der Waals surface area contributed by atoms with E-state index in [4.69, 9.17) is 0 Å². The summed E-state index contributed by atoms with van der Waals surface area (Å²) in [7, 11) is 0. The number of benzene rings is 2. The molecule has 1 N–H and O–H groups in total. The van der Waals surface area contributed by atoms with Gasteiger partial charge in [0, 0.05) is 9.75 Å². The fraction of sp³-hybridized carbons (Fsp3) is 0.357. The number of phenolic OH excluding ortho intramolecular Hbond substituents is 1. The van der Waals surface area contributed by atoms with Gasteiger partial charge in [-0.25, -0.2) is 0 Å². The lowest BCUT2D eigenvalue weighted by molar-refractivity contribution is 0.475. The van der Waals surface area contributed by atoms with E-state index in [1.54, 1.807) is 12.1 Å². The highest BCUT2D eigenvalue weighted by molar-refractivity contribution is 7.18. The monoisotopic (exact) mass is 418 g/mol. The lowest BCUT2D eigenvalue weighted by atomic mass is 9.87. The first-order chi connectivity index (χ1) is 14.6. The van der Waals surface area contributed by atoms with Gasteiger partial charge in [0.15, 0.2) is 0 Å². The van der Waals surface area contributed by atoms with Gasteiger partial charge in [-0.05, 0) is 95.5 Å². The Kier molecular flexibility index (Phi) is 7.93. The Bertz CT molecular complexity index is 974. The van der Waals surface area contributed by atoms with Crippen LogP contribution in [0.1, 0.15) is 64.5 Å². The van der Waals surface area contributed by atoms with E-state index in [2.05, 4.69) is 64.1 Å². The molecule has 0 fully saturated rings. The molecule has 0 bridgehead atoms. The molecular formula is C28H34OS. The minimum absolute atomic E-state index is 0.309. The van der Waals surface area contributed by atoms with Crippen molar-refractivity contribution >= 4 is 16.9 Å². The van der Waals surface area contributed by atoms with Gasteiger partial charge in [0.25, 0.3) is 0 Å². The number of phenols is 1.